The molecule has 3 rings (SSSR count). The summed E-state index contributed by atoms with van der Waals surface area (Å²) in [5.74, 6) is 1.82. The number of rotatable bonds is 5. The van der Waals surface area contributed by atoms with Gasteiger partial charge in [-0.1, -0.05) is 12.1 Å². The number of anilines is 1. The number of hydrogen-bond acceptors (Lipinski definition) is 7. The van der Waals surface area contributed by atoms with Crippen molar-refractivity contribution < 1.29 is 9.32 Å². The predicted octanol–water partition coefficient (Wildman–Crippen LogP) is 1.70. The Morgan fingerprint density at radius 3 is 3.00 bits per heavy atom. The molecule has 0 N–H and O–H groups in total. The fraction of sp³-hybridized carbons (Fsp3) is 0.471. The molecule has 1 aliphatic rings. The number of nitriles is 1. The Kier molecular flexibility index (Phi) is 4.93. The van der Waals surface area contributed by atoms with Crippen LogP contribution in [-0.4, -0.2) is 46.1 Å². The van der Waals surface area contributed by atoms with Crippen LogP contribution in [0.2, 0.25) is 0 Å². The van der Waals surface area contributed by atoms with Crippen molar-refractivity contribution in [3.05, 3.63) is 35.6 Å². The minimum absolute atomic E-state index is 0.000918. The molecular weight excluding hydrogens is 320 g/mol. The van der Waals surface area contributed by atoms with E-state index in [9.17, 15) is 4.79 Å². The first-order valence-corrected chi connectivity index (χ1v) is 8.31. The molecule has 0 saturated carbocycles. The summed E-state index contributed by atoms with van der Waals surface area (Å²) in [5, 5.41) is 12.9. The van der Waals surface area contributed by atoms with E-state index >= 15 is 0 Å². The quantitative estimate of drug-likeness (QED) is 0.816. The average molecular weight is 340 g/mol. The highest BCUT2D eigenvalue weighted by Crippen LogP contribution is 2.30. The smallest absolute Gasteiger partial charge is 0.242 e. The van der Waals surface area contributed by atoms with Gasteiger partial charge in [0, 0.05) is 26.2 Å². The van der Waals surface area contributed by atoms with Gasteiger partial charge in [0.15, 0.2) is 5.82 Å². The monoisotopic (exact) mass is 340 g/mol. The molecule has 1 atom stereocenters. The molecule has 25 heavy (non-hydrogen) atoms. The molecule has 1 amide bonds. The lowest BCUT2D eigenvalue weighted by atomic mass is 10.2. The summed E-state index contributed by atoms with van der Waals surface area (Å²) in [6.45, 7) is 2.84. The van der Waals surface area contributed by atoms with Crippen molar-refractivity contribution >= 4 is 11.7 Å². The number of nitrogens with zero attached hydrogens (tertiary/aromatic N) is 6. The number of pyridine rings is 1. The molecule has 130 valence electrons. The Labute approximate surface area is 146 Å². The largest absolute Gasteiger partial charge is 0.350 e. The molecule has 0 bridgehead atoms. The summed E-state index contributed by atoms with van der Waals surface area (Å²) in [6.07, 6.45) is 3.94. The molecule has 2 aromatic heterocycles. The zero-order valence-electron chi connectivity index (χ0n) is 14.3. The van der Waals surface area contributed by atoms with Gasteiger partial charge in [-0.05, 0) is 25.0 Å². The molecule has 0 radical (unpaired) electrons. The fourth-order valence-corrected chi connectivity index (χ4v) is 2.93. The highest BCUT2D eigenvalue weighted by Gasteiger charge is 2.33. The third-order valence-electron chi connectivity index (χ3n) is 4.30. The molecule has 0 unspecified atom stereocenters. The molecule has 3 heterocycles. The first kappa shape index (κ1) is 16.9. The van der Waals surface area contributed by atoms with Crippen molar-refractivity contribution in [3.8, 4) is 6.07 Å². The van der Waals surface area contributed by atoms with E-state index in [2.05, 4.69) is 15.1 Å². The van der Waals surface area contributed by atoms with E-state index in [4.69, 9.17) is 9.78 Å². The Morgan fingerprint density at radius 2 is 2.36 bits per heavy atom. The van der Waals surface area contributed by atoms with Gasteiger partial charge < -0.3 is 14.3 Å². The van der Waals surface area contributed by atoms with Gasteiger partial charge in [0.1, 0.15) is 11.9 Å². The maximum Gasteiger partial charge on any atom is 0.242 e. The molecular formula is C17H20N6O2. The van der Waals surface area contributed by atoms with Crippen molar-refractivity contribution in [2.45, 2.75) is 32.2 Å². The van der Waals surface area contributed by atoms with Gasteiger partial charge in [-0.2, -0.15) is 10.2 Å². The summed E-state index contributed by atoms with van der Waals surface area (Å²) in [5.41, 5.74) is 0.493. The maximum absolute atomic E-state index is 12.7. The number of carbonyl (C=O) groups excluding carboxylic acids is 1. The SMILES string of the molecule is CCc1nc([C@H]2CCCN2C(=O)CN(C)c2ccc(C#N)cn2)no1. The van der Waals surface area contributed by atoms with Crippen LogP contribution in [0.5, 0.6) is 0 Å². The van der Waals surface area contributed by atoms with E-state index in [1.54, 1.807) is 24.1 Å². The topological polar surface area (TPSA) is 99.2 Å². The molecule has 2 aromatic rings. The van der Waals surface area contributed by atoms with E-state index in [0.717, 1.165) is 12.8 Å². The van der Waals surface area contributed by atoms with Crippen LogP contribution in [0.1, 0.15) is 43.1 Å². The molecule has 1 fully saturated rings. The summed E-state index contributed by atoms with van der Waals surface area (Å²) in [6, 6.07) is 5.33. The van der Waals surface area contributed by atoms with Gasteiger partial charge >= 0.3 is 0 Å². The van der Waals surface area contributed by atoms with Crippen molar-refractivity contribution in [2.24, 2.45) is 0 Å². The zero-order valence-corrected chi connectivity index (χ0v) is 14.3. The molecule has 1 saturated heterocycles. The third-order valence-corrected chi connectivity index (χ3v) is 4.30. The van der Waals surface area contributed by atoms with Crippen LogP contribution in [-0.2, 0) is 11.2 Å². The highest BCUT2D eigenvalue weighted by molar-refractivity contribution is 5.81. The lowest BCUT2D eigenvalue weighted by Crippen LogP contribution is -2.39. The normalized spacial score (nSPS) is 16.7. The number of aromatic nitrogens is 3. The Morgan fingerprint density at radius 1 is 1.52 bits per heavy atom. The number of aryl methyl sites for hydroxylation is 1. The highest BCUT2D eigenvalue weighted by atomic mass is 16.5. The summed E-state index contributed by atoms with van der Waals surface area (Å²) < 4.78 is 5.18. The second-order valence-electron chi connectivity index (χ2n) is 6.02. The number of carbonyl (C=O) groups is 1. The van der Waals surface area contributed by atoms with Gasteiger partial charge in [0.25, 0.3) is 0 Å². The van der Waals surface area contributed by atoms with Crippen molar-refractivity contribution in [1.29, 1.82) is 5.26 Å². The summed E-state index contributed by atoms with van der Waals surface area (Å²) in [4.78, 5) is 24.9. The molecule has 1 aliphatic heterocycles. The first-order chi connectivity index (χ1) is 12.1. The second-order valence-corrected chi connectivity index (χ2v) is 6.02. The van der Waals surface area contributed by atoms with Crippen LogP contribution in [0.15, 0.2) is 22.9 Å². The first-order valence-electron chi connectivity index (χ1n) is 8.31. The Hall–Kier alpha value is -2.95. The molecule has 0 aliphatic carbocycles. The Bertz CT molecular complexity index is 779. The van der Waals surface area contributed by atoms with Crippen LogP contribution in [0.4, 0.5) is 5.82 Å². The predicted molar refractivity (Wildman–Crippen MR) is 89.6 cm³/mol. The fourth-order valence-electron chi connectivity index (χ4n) is 2.93. The lowest BCUT2D eigenvalue weighted by Gasteiger charge is -2.25. The minimum atomic E-state index is -0.126. The molecule has 8 nitrogen and oxygen atoms in total. The van der Waals surface area contributed by atoms with Gasteiger partial charge in [-0.15, -0.1) is 0 Å². The standard InChI is InChI=1S/C17H20N6O2/c1-3-15-20-17(21-25-15)13-5-4-8-23(13)16(24)11-22(2)14-7-6-12(9-18)10-19-14/h6-7,10,13H,3-5,8,11H2,1-2H3/t13-/m1/s1. The Balaban J connectivity index is 1.67. The van der Waals surface area contributed by atoms with Crippen LogP contribution < -0.4 is 4.90 Å². The summed E-state index contributed by atoms with van der Waals surface area (Å²) in [7, 11) is 1.81. The van der Waals surface area contributed by atoms with Gasteiger partial charge in [0.2, 0.25) is 11.8 Å². The molecule has 0 aromatic carbocycles. The van der Waals surface area contributed by atoms with E-state index in [1.807, 2.05) is 17.9 Å². The molecule has 0 spiro atoms. The van der Waals surface area contributed by atoms with Gasteiger partial charge in [-0.25, -0.2) is 4.98 Å². The second kappa shape index (κ2) is 7.30. The van der Waals surface area contributed by atoms with E-state index in [1.165, 1.54) is 6.20 Å². The summed E-state index contributed by atoms with van der Waals surface area (Å²) >= 11 is 0. The van der Waals surface area contributed by atoms with Gasteiger partial charge in [0.05, 0.1) is 18.2 Å². The number of amides is 1. The van der Waals surface area contributed by atoms with Crippen LogP contribution in [0.3, 0.4) is 0 Å². The zero-order chi connectivity index (χ0) is 17.8. The third kappa shape index (κ3) is 3.60. The van der Waals surface area contributed by atoms with E-state index in [-0.39, 0.29) is 18.5 Å². The van der Waals surface area contributed by atoms with Crippen molar-refractivity contribution in [3.63, 3.8) is 0 Å². The lowest BCUT2D eigenvalue weighted by molar-refractivity contribution is -0.130. The van der Waals surface area contributed by atoms with Crippen LogP contribution >= 0.6 is 0 Å². The van der Waals surface area contributed by atoms with E-state index in [0.29, 0.717) is 36.1 Å². The average Bonchev–Trinajstić information content (AvgIpc) is 3.30. The van der Waals surface area contributed by atoms with Crippen molar-refractivity contribution in [1.82, 2.24) is 20.0 Å². The number of likely N-dealkylation sites (tertiary alicyclic amines) is 1. The van der Waals surface area contributed by atoms with Gasteiger partial charge in [-0.3, -0.25) is 4.79 Å². The maximum atomic E-state index is 12.7. The van der Waals surface area contributed by atoms with Crippen LogP contribution in [0.25, 0.3) is 0 Å². The molecule has 8 heteroatoms. The number of hydrogen-bond donors (Lipinski definition) is 0. The number of likely N-dealkylation sites (N-methyl/N-ethyl adjacent to an activating group) is 1. The van der Waals surface area contributed by atoms with E-state index < -0.39 is 0 Å². The minimum Gasteiger partial charge on any atom is -0.350 e. The van der Waals surface area contributed by atoms with Crippen LogP contribution in [0, 0.1) is 11.3 Å². The van der Waals surface area contributed by atoms with Crippen molar-refractivity contribution in [2.75, 3.05) is 25.0 Å².